The summed E-state index contributed by atoms with van der Waals surface area (Å²) in [7, 11) is 0. The number of hydrogen-bond donors (Lipinski definition) is 2. The lowest BCUT2D eigenvalue weighted by atomic mass is 9.89. The quantitative estimate of drug-likeness (QED) is 0.863. The Balaban J connectivity index is 1.36. The van der Waals surface area contributed by atoms with E-state index in [1.54, 1.807) is 18.7 Å². The minimum Gasteiger partial charge on any atom is -0.348 e. The number of piperazine rings is 1. The van der Waals surface area contributed by atoms with Crippen LogP contribution in [0.2, 0.25) is 0 Å². The van der Waals surface area contributed by atoms with Crippen LogP contribution in [-0.4, -0.2) is 63.6 Å². The molecule has 1 amide bonds. The van der Waals surface area contributed by atoms with Crippen LogP contribution in [0.15, 0.2) is 37.1 Å². The molecule has 0 radical (unpaired) electrons. The molecule has 0 aromatic carbocycles. The molecule has 0 bridgehead atoms. The molecule has 4 rings (SSSR count). The molecule has 26 heavy (non-hydrogen) atoms. The molecule has 7 nitrogen and oxygen atoms in total. The highest BCUT2D eigenvalue weighted by Gasteiger charge is 2.28. The first-order chi connectivity index (χ1) is 12.8. The van der Waals surface area contributed by atoms with Gasteiger partial charge in [-0.2, -0.15) is 0 Å². The molecule has 2 N–H and O–H groups in total. The number of amides is 1. The lowest BCUT2D eigenvalue weighted by molar-refractivity contribution is 0.0889. The smallest absolute Gasteiger partial charge is 0.272 e. The van der Waals surface area contributed by atoms with Crippen molar-refractivity contribution in [3.05, 3.63) is 42.7 Å². The van der Waals surface area contributed by atoms with Gasteiger partial charge in [0.2, 0.25) is 0 Å². The molecule has 2 aromatic heterocycles. The fourth-order valence-corrected chi connectivity index (χ4v) is 4.07. The Kier molecular flexibility index (Phi) is 5.26. The Morgan fingerprint density at radius 1 is 1.15 bits per heavy atom. The van der Waals surface area contributed by atoms with Crippen LogP contribution in [0, 0.1) is 0 Å². The topological polar surface area (TPSA) is 75.1 Å². The summed E-state index contributed by atoms with van der Waals surface area (Å²) in [4.78, 5) is 23.8. The molecule has 0 atom stereocenters. The molecule has 2 aromatic rings. The van der Waals surface area contributed by atoms with Crippen LogP contribution in [0.1, 0.15) is 36.2 Å². The summed E-state index contributed by atoms with van der Waals surface area (Å²) in [5.41, 5.74) is 1.21. The van der Waals surface area contributed by atoms with Gasteiger partial charge in [0.25, 0.3) is 5.91 Å². The van der Waals surface area contributed by atoms with Crippen molar-refractivity contribution in [3.8, 4) is 5.69 Å². The summed E-state index contributed by atoms with van der Waals surface area (Å²) in [6, 6.07) is 4.64. The van der Waals surface area contributed by atoms with Gasteiger partial charge in [0.05, 0.1) is 12.0 Å². The maximum atomic E-state index is 12.8. The van der Waals surface area contributed by atoms with Crippen molar-refractivity contribution in [3.63, 3.8) is 0 Å². The van der Waals surface area contributed by atoms with Gasteiger partial charge in [0.1, 0.15) is 0 Å². The van der Waals surface area contributed by atoms with E-state index in [0.717, 1.165) is 57.5 Å². The molecule has 3 heterocycles. The van der Waals surface area contributed by atoms with E-state index >= 15 is 0 Å². The number of carbonyl (C=O) groups is 1. The Labute approximate surface area is 153 Å². The Bertz CT molecular complexity index is 717. The molecule has 1 saturated carbocycles. The molecular weight excluding hydrogens is 328 g/mol. The third-order valence-electron chi connectivity index (χ3n) is 5.48. The molecule has 0 spiro atoms. The first-order valence-corrected chi connectivity index (χ1v) is 9.50. The first-order valence-electron chi connectivity index (χ1n) is 9.50. The monoisotopic (exact) mass is 354 g/mol. The third kappa shape index (κ3) is 3.78. The van der Waals surface area contributed by atoms with Gasteiger partial charge in [-0.05, 0) is 37.8 Å². The highest BCUT2D eigenvalue weighted by molar-refractivity contribution is 5.95. The number of rotatable bonds is 4. The van der Waals surface area contributed by atoms with Crippen LogP contribution in [0.5, 0.6) is 0 Å². The maximum absolute atomic E-state index is 12.8. The first kappa shape index (κ1) is 17.2. The molecule has 1 aliphatic heterocycles. The molecule has 1 saturated heterocycles. The minimum atomic E-state index is -0.0973. The van der Waals surface area contributed by atoms with Gasteiger partial charge in [0, 0.05) is 56.9 Å². The molecule has 2 fully saturated rings. The highest BCUT2D eigenvalue weighted by Crippen LogP contribution is 2.24. The fraction of sp³-hybridized carbons (Fsp3) is 0.526. The standard InChI is InChI=1S/C19H26N6O/c26-19(18-17(2-1-7-22-18)25-13-10-21-14-25)23-15-3-5-16(6-4-15)24-11-8-20-9-12-24/h1-2,7,10,13-16,20H,3-6,8-9,11-12H2,(H,23,26). The van der Waals surface area contributed by atoms with Crippen molar-refractivity contribution in [2.24, 2.45) is 0 Å². The Morgan fingerprint density at radius 3 is 2.69 bits per heavy atom. The van der Waals surface area contributed by atoms with Gasteiger partial charge in [-0.15, -0.1) is 0 Å². The molecule has 2 aliphatic rings. The van der Waals surface area contributed by atoms with Crippen molar-refractivity contribution < 1.29 is 4.79 Å². The van der Waals surface area contributed by atoms with E-state index in [2.05, 4.69) is 25.5 Å². The van der Waals surface area contributed by atoms with Gasteiger partial charge < -0.3 is 15.2 Å². The predicted molar refractivity (Wildman–Crippen MR) is 99.3 cm³/mol. The number of hydrogen-bond acceptors (Lipinski definition) is 5. The second-order valence-corrected chi connectivity index (χ2v) is 7.11. The van der Waals surface area contributed by atoms with Gasteiger partial charge in [-0.1, -0.05) is 0 Å². The summed E-state index contributed by atoms with van der Waals surface area (Å²) in [6.45, 7) is 4.47. The molecular formula is C19H26N6O. The molecule has 0 unspecified atom stereocenters. The van der Waals surface area contributed by atoms with Crippen molar-refractivity contribution >= 4 is 5.91 Å². The van der Waals surface area contributed by atoms with Crippen molar-refractivity contribution in [2.45, 2.75) is 37.8 Å². The van der Waals surface area contributed by atoms with E-state index in [-0.39, 0.29) is 11.9 Å². The summed E-state index contributed by atoms with van der Waals surface area (Å²) in [5, 5.41) is 6.61. The number of pyridine rings is 1. The third-order valence-corrected chi connectivity index (χ3v) is 5.48. The predicted octanol–water partition coefficient (Wildman–Crippen LogP) is 1.21. The number of imidazole rings is 1. The van der Waals surface area contributed by atoms with Gasteiger partial charge in [-0.3, -0.25) is 9.69 Å². The van der Waals surface area contributed by atoms with Crippen molar-refractivity contribution in [1.82, 2.24) is 30.1 Å². The summed E-state index contributed by atoms with van der Waals surface area (Å²) in [5.74, 6) is -0.0973. The van der Waals surface area contributed by atoms with Crippen LogP contribution in [0.3, 0.4) is 0 Å². The summed E-state index contributed by atoms with van der Waals surface area (Å²) >= 11 is 0. The SMILES string of the molecule is O=C(NC1CCC(N2CCNCC2)CC1)c1ncccc1-n1ccnc1. The van der Waals surface area contributed by atoms with E-state index < -0.39 is 0 Å². The fourth-order valence-electron chi connectivity index (χ4n) is 4.07. The van der Waals surface area contributed by atoms with Crippen LogP contribution < -0.4 is 10.6 Å². The van der Waals surface area contributed by atoms with Crippen LogP contribution in [0.25, 0.3) is 5.69 Å². The van der Waals surface area contributed by atoms with Gasteiger partial charge in [-0.25, -0.2) is 9.97 Å². The summed E-state index contributed by atoms with van der Waals surface area (Å²) < 4.78 is 1.82. The lowest BCUT2D eigenvalue weighted by Gasteiger charge is -2.39. The van der Waals surface area contributed by atoms with Crippen molar-refractivity contribution in [2.75, 3.05) is 26.2 Å². The second-order valence-electron chi connectivity index (χ2n) is 7.11. The zero-order valence-electron chi connectivity index (χ0n) is 15.0. The number of aromatic nitrogens is 3. The average Bonchev–Trinajstić information content (AvgIpc) is 3.24. The number of nitrogens with zero attached hydrogens (tertiary/aromatic N) is 4. The van der Waals surface area contributed by atoms with E-state index in [0.29, 0.717) is 11.7 Å². The summed E-state index contributed by atoms with van der Waals surface area (Å²) in [6.07, 6.45) is 11.3. The Hall–Kier alpha value is -2.25. The van der Waals surface area contributed by atoms with Crippen LogP contribution >= 0.6 is 0 Å². The maximum Gasteiger partial charge on any atom is 0.272 e. The zero-order valence-corrected chi connectivity index (χ0v) is 15.0. The van der Waals surface area contributed by atoms with E-state index in [1.165, 1.54) is 0 Å². The van der Waals surface area contributed by atoms with Gasteiger partial charge >= 0.3 is 0 Å². The number of carbonyl (C=O) groups excluding carboxylic acids is 1. The molecule has 7 heteroatoms. The Morgan fingerprint density at radius 2 is 1.96 bits per heavy atom. The zero-order chi connectivity index (χ0) is 17.8. The average molecular weight is 354 g/mol. The largest absolute Gasteiger partial charge is 0.348 e. The number of nitrogens with one attached hydrogen (secondary N) is 2. The lowest BCUT2D eigenvalue weighted by Crippen LogP contribution is -2.51. The van der Waals surface area contributed by atoms with Crippen molar-refractivity contribution in [1.29, 1.82) is 0 Å². The van der Waals surface area contributed by atoms with Gasteiger partial charge in [0.15, 0.2) is 5.69 Å². The van der Waals surface area contributed by atoms with E-state index in [9.17, 15) is 4.79 Å². The molecule has 138 valence electrons. The van der Waals surface area contributed by atoms with E-state index in [1.807, 2.05) is 22.9 Å². The minimum absolute atomic E-state index is 0.0973. The highest BCUT2D eigenvalue weighted by atomic mass is 16.2. The molecule has 1 aliphatic carbocycles. The van der Waals surface area contributed by atoms with Crippen LogP contribution in [0.4, 0.5) is 0 Å². The normalized spacial score (nSPS) is 24.3. The van der Waals surface area contributed by atoms with Crippen LogP contribution in [-0.2, 0) is 0 Å². The van der Waals surface area contributed by atoms with E-state index in [4.69, 9.17) is 0 Å². The second kappa shape index (κ2) is 7.97.